The summed E-state index contributed by atoms with van der Waals surface area (Å²) in [5.41, 5.74) is 6.97. The molecule has 4 rings (SSSR count). The third kappa shape index (κ3) is 4.32. The van der Waals surface area contributed by atoms with Crippen LogP contribution in [0.1, 0.15) is 26.5 Å². The summed E-state index contributed by atoms with van der Waals surface area (Å²) in [5.74, 6) is -0.750. The number of benzene rings is 2. The van der Waals surface area contributed by atoms with E-state index in [0.717, 1.165) is 13.1 Å². The number of morpholine rings is 1. The van der Waals surface area contributed by atoms with Crippen LogP contribution >= 0.6 is 0 Å². The zero-order valence-corrected chi connectivity index (χ0v) is 17.0. The Kier molecular flexibility index (Phi) is 5.79. The van der Waals surface area contributed by atoms with Crippen molar-refractivity contribution in [3.63, 3.8) is 0 Å². The van der Waals surface area contributed by atoms with Gasteiger partial charge in [-0.2, -0.15) is 0 Å². The van der Waals surface area contributed by atoms with Crippen LogP contribution in [0.25, 0.3) is 11.0 Å². The number of furan rings is 1. The van der Waals surface area contributed by atoms with Crippen LogP contribution in [0.5, 0.6) is 11.5 Å². The predicted molar refractivity (Wildman–Crippen MR) is 113 cm³/mol. The number of nitrogens with one attached hydrogen (secondary N) is 1. The largest absolute Gasteiger partial charge is 0.508 e. The maximum Gasteiger partial charge on any atom is 0.286 e. The average molecular weight is 425 g/mol. The van der Waals surface area contributed by atoms with Crippen LogP contribution in [-0.4, -0.2) is 55.2 Å². The van der Waals surface area contributed by atoms with E-state index in [1.165, 1.54) is 19.2 Å². The molecule has 0 saturated carbocycles. The Bertz CT molecular complexity index is 1130. The van der Waals surface area contributed by atoms with Crippen molar-refractivity contribution in [1.82, 2.24) is 4.90 Å². The Morgan fingerprint density at radius 3 is 2.68 bits per heavy atom. The third-order valence-electron chi connectivity index (χ3n) is 5.20. The Morgan fingerprint density at radius 2 is 1.97 bits per heavy atom. The number of nitrogens with zero attached hydrogens (tertiary/aromatic N) is 1. The van der Waals surface area contributed by atoms with E-state index in [2.05, 4.69) is 10.2 Å². The Labute approximate surface area is 178 Å². The lowest BCUT2D eigenvalue weighted by Crippen LogP contribution is -2.35. The molecule has 4 N–H and O–H groups in total. The summed E-state index contributed by atoms with van der Waals surface area (Å²) in [4.78, 5) is 27.0. The summed E-state index contributed by atoms with van der Waals surface area (Å²) in [6, 6.07) is 9.62. The molecule has 9 heteroatoms. The second-order valence-electron chi connectivity index (χ2n) is 7.22. The van der Waals surface area contributed by atoms with Crippen LogP contribution in [0.4, 0.5) is 5.69 Å². The molecule has 0 bridgehead atoms. The quantitative estimate of drug-likeness (QED) is 0.553. The van der Waals surface area contributed by atoms with E-state index in [1.807, 2.05) is 0 Å². The molecule has 0 unspecified atom stereocenters. The highest BCUT2D eigenvalue weighted by Gasteiger charge is 2.22. The first-order chi connectivity index (χ1) is 15.0. The number of anilines is 1. The molecule has 1 aliphatic rings. The fourth-order valence-electron chi connectivity index (χ4n) is 3.54. The fraction of sp³-hybridized carbons (Fsp3) is 0.273. The van der Waals surface area contributed by atoms with E-state index in [4.69, 9.17) is 19.6 Å². The first kappa shape index (κ1) is 20.7. The van der Waals surface area contributed by atoms with Gasteiger partial charge in [-0.05, 0) is 30.3 Å². The standard InChI is InChI=1S/C22H23N3O6/c1-29-15-3-4-16-18(11-15)31-20(21(23)27)19(16)24-22(28)13-2-5-17(26)14(10-13)12-25-6-8-30-9-7-25/h2-5,10-11,26H,6-9,12H2,1H3,(H2,23,27)(H,24,28). The van der Waals surface area contributed by atoms with Crippen molar-refractivity contribution in [3.05, 3.63) is 53.3 Å². The molecule has 0 spiro atoms. The molecule has 1 aromatic heterocycles. The minimum atomic E-state index is -0.802. The second-order valence-corrected chi connectivity index (χ2v) is 7.22. The molecule has 9 nitrogen and oxygen atoms in total. The molecular weight excluding hydrogens is 402 g/mol. The lowest BCUT2D eigenvalue weighted by Gasteiger charge is -2.26. The SMILES string of the molecule is COc1ccc2c(NC(=O)c3ccc(O)c(CN4CCOCC4)c3)c(C(N)=O)oc2c1. The van der Waals surface area contributed by atoms with Crippen molar-refractivity contribution in [2.75, 3.05) is 38.7 Å². The van der Waals surface area contributed by atoms with Crippen LogP contribution in [0.15, 0.2) is 40.8 Å². The molecule has 2 amide bonds. The van der Waals surface area contributed by atoms with Gasteiger partial charge in [-0.15, -0.1) is 0 Å². The number of aromatic hydroxyl groups is 1. The summed E-state index contributed by atoms with van der Waals surface area (Å²) in [6.07, 6.45) is 0. The highest BCUT2D eigenvalue weighted by molar-refractivity contribution is 6.14. The number of carbonyl (C=O) groups excluding carboxylic acids is 2. The summed E-state index contributed by atoms with van der Waals surface area (Å²) in [6.45, 7) is 3.27. The number of amides is 2. The smallest absolute Gasteiger partial charge is 0.286 e. The van der Waals surface area contributed by atoms with Crippen LogP contribution in [0.2, 0.25) is 0 Å². The number of hydrogen-bond acceptors (Lipinski definition) is 7. The Balaban J connectivity index is 1.62. The number of methoxy groups -OCH3 is 1. The normalized spacial score (nSPS) is 14.5. The van der Waals surface area contributed by atoms with Gasteiger partial charge in [-0.25, -0.2) is 0 Å². The highest BCUT2D eigenvalue weighted by Crippen LogP contribution is 2.33. The van der Waals surface area contributed by atoms with Gasteiger partial charge >= 0.3 is 0 Å². The average Bonchev–Trinajstić information content (AvgIpc) is 3.13. The number of phenolic OH excluding ortho intramolecular Hbond substituents is 1. The predicted octanol–water partition coefficient (Wildman–Crippen LogP) is 2.33. The molecule has 2 heterocycles. The van der Waals surface area contributed by atoms with Crippen molar-refractivity contribution >= 4 is 28.5 Å². The summed E-state index contributed by atoms with van der Waals surface area (Å²) < 4.78 is 16.1. The van der Waals surface area contributed by atoms with Gasteiger partial charge in [0.15, 0.2) is 0 Å². The fourth-order valence-corrected chi connectivity index (χ4v) is 3.54. The molecule has 0 radical (unpaired) electrons. The highest BCUT2D eigenvalue weighted by atomic mass is 16.5. The summed E-state index contributed by atoms with van der Waals surface area (Å²) in [7, 11) is 1.51. The third-order valence-corrected chi connectivity index (χ3v) is 5.20. The molecule has 3 aromatic rings. The maximum atomic E-state index is 13.0. The molecule has 31 heavy (non-hydrogen) atoms. The molecule has 1 saturated heterocycles. The van der Waals surface area contributed by atoms with E-state index in [0.29, 0.717) is 47.6 Å². The Morgan fingerprint density at radius 1 is 1.19 bits per heavy atom. The summed E-state index contributed by atoms with van der Waals surface area (Å²) in [5, 5.41) is 13.5. The van der Waals surface area contributed by atoms with E-state index in [9.17, 15) is 14.7 Å². The van der Waals surface area contributed by atoms with E-state index >= 15 is 0 Å². The molecule has 1 fully saturated rings. The number of hydrogen-bond donors (Lipinski definition) is 3. The summed E-state index contributed by atoms with van der Waals surface area (Å²) >= 11 is 0. The van der Waals surface area contributed by atoms with Gasteiger partial charge in [0.05, 0.1) is 20.3 Å². The van der Waals surface area contributed by atoms with E-state index in [1.54, 1.807) is 24.3 Å². The van der Waals surface area contributed by atoms with Crippen molar-refractivity contribution in [1.29, 1.82) is 0 Å². The zero-order chi connectivity index (χ0) is 22.0. The van der Waals surface area contributed by atoms with Gasteiger partial charge in [0.1, 0.15) is 22.8 Å². The van der Waals surface area contributed by atoms with Crippen molar-refractivity contribution in [2.45, 2.75) is 6.54 Å². The van der Waals surface area contributed by atoms with E-state index in [-0.39, 0.29) is 17.2 Å². The second kappa shape index (κ2) is 8.66. The van der Waals surface area contributed by atoms with Crippen molar-refractivity contribution in [2.24, 2.45) is 5.73 Å². The van der Waals surface area contributed by atoms with Crippen LogP contribution in [0, 0.1) is 0 Å². The number of phenols is 1. The number of fused-ring (bicyclic) bond motifs is 1. The molecule has 162 valence electrons. The molecule has 0 atom stereocenters. The lowest BCUT2D eigenvalue weighted by atomic mass is 10.1. The van der Waals surface area contributed by atoms with Crippen LogP contribution in [-0.2, 0) is 11.3 Å². The Hall–Kier alpha value is -3.56. The first-order valence-electron chi connectivity index (χ1n) is 9.80. The minimum Gasteiger partial charge on any atom is -0.508 e. The monoisotopic (exact) mass is 425 g/mol. The molecule has 0 aliphatic carbocycles. The van der Waals surface area contributed by atoms with Gasteiger partial charge in [0.25, 0.3) is 11.8 Å². The van der Waals surface area contributed by atoms with Crippen LogP contribution in [0.3, 0.4) is 0 Å². The van der Waals surface area contributed by atoms with Gasteiger partial charge in [-0.3, -0.25) is 14.5 Å². The number of nitrogens with two attached hydrogens (primary N) is 1. The van der Waals surface area contributed by atoms with Gasteiger partial charge in [0.2, 0.25) is 5.76 Å². The van der Waals surface area contributed by atoms with Gasteiger partial charge in [0, 0.05) is 42.2 Å². The van der Waals surface area contributed by atoms with Crippen LogP contribution < -0.4 is 15.8 Å². The van der Waals surface area contributed by atoms with Gasteiger partial charge < -0.3 is 30.0 Å². The molecular formula is C22H23N3O6. The van der Waals surface area contributed by atoms with Gasteiger partial charge in [-0.1, -0.05) is 0 Å². The molecule has 1 aliphatic heterocycles. The van der Waals surface area contributed by atoms with E-state index < -0.39 is 11.8 Å². The topological polar surface area (TPSA) is 127 Å². The van der Waals surface area contributed by atoms with Crippen molar-refractivity contribution < 1.29 is 28.6 Å². The minimum absolute atomic E-state index is 0.113. The number of primary amides is 1. The number of ether oxygens (including phenoxy) is 2. The lowest BCUT2D eigenvalue weighted by molar-refractivity contribution is 0.0338. The first-order valence-corrected chi connectivity index (χ1v) is 9.80. The number of rotatable bonds is 6. The maximum absolute atomic E-state index is 13.0. The zero-order valence-electron chi connectivity index (χ0n) is 17.0. The number of carbonyl (C=O) groups is 2. The molecule has 2 aromatic carbocycles. The van der Waals surface area contributed by atoms with Crippen molar-refractivity contribution in [3.8, 4) is 11.5 Å².